The first-order valence-electron chi connectivity index (χ1n) is 10.0. The predicted molar refractivity (Wildman–Crippen MR) is 112 cm³/mol. The van der Waals surface area contributed by atoms with Crippen LogP contribution in [0.2, 0.25) is 0 Å². The third-order valence-electron chi connectivity index (χ3n) is 5.41. The first kappa shape index (κ1) is 18.5. The Morgan fingerprint density at radius 3 is 2.54 bits per heavy atom. The third-order valence-corrected chi connectivity index (χ3v) is 5.41. The fourth-order valence-corrected chi connectivity index (χ4v) is 3.96. The number of amides is 1. The van der Waals surface area contributed by atoms with Gasteiger partial charge in [0.1, 0.15) is 0 Å². The van der Waals surface area contributed by atoms with Crippen LogP contribution in [0, 0.1) is 13.8 Å². The van der Waals surface area contributed by atoms with Crippen LogP contribution in [0.4, 0.5) is 5.69 Å². The monoisotopic (exact) mass is 377 g/mol. The summed E-state index contributed by atoms with van der Waals surface area (Å²) >= 11 is 0. The Morgan fingerprint density at radius 2 is 1.86 bits per heavy atom. The number of rotatable bonds is 5. The van der Waals surface area contributed by atoms with Crippen LogP contribution in [0.1, 0.15) is 47.1 Å². The topological polar surface area (TPSA) is 63.1 Å². The number of fused-ring (bicyclic) bond motifs is 1. The van der Waals surface area contributed by atoms with Gasteiger partial charge in [-0.2, -0.15) is 5.10 Å². The maximum absolute atomic E-state index is 12.9. The number of hydrogen-bond donors (Lipinski definition) is 1. The highest BCUT2D eigenvalue weighted by Crippen LogP contribution is 2.23. The Bertz CT molecular complexity index is 1000. The van der Waals surface area contributed by atoms with Crippen molar-refractivity contribution in [2.45, 2.75) is 46.7 Å². The molecule has 3 aromatic rings. The van der Waals surface area contributed by atoms with E-state index in [2.05, 4.69) is 44.6 Å². The zero-order chi connectivity index (χ0) is 19.7. The SMILES string of the molecule is CCn1nc(C)c2c(C(=O)NCc3ccc(N4CCCC4)cc3)cc(C)nc21. The fourth-order valence-electron chi connectivity index (χ4n) is 3.96. The van der Waals surface area contributed by atoms with Gasteiger partial charge in [-0.3, -0.25) is 4.79 Å². The second-order valence-electron chi connectivity index (χ2n) is 7.45. The molecule has 4 rings (SSSR count). The van der Waals surface area contributed by atoms with Gasteiger partial charge in [0.25, 0.3) is 5.91 Å². The number of aromatic nitrogens is 3. The van der Waals surface area contributed by atoms with Gasteiger partial charge in [-0.25, -0.2) is 9.67 Å². The smallest absolute Gasteiger partial charge is 0.252 e. The average molecular weight is 377 g/mol. The molecule has 1 fully saturated rings. The molecule has 28 heavy (non-hydrogen) atoms. The van der Waals surface area contributed by atoms with Crippen LogP contribution < -0.4 is 10.2 Å². The van der Waals surface area contributed by atoms with Crippen molar-refractivity contribution in [3.63, 3.8) is 0 Å². The normalized spacial score (nSPS) is 14.0. The number of carbonyl (C=O) groups excluding carboxylic acids is 1. The van der Waals surface area contributed by atoms with Gasteiger partial charge in [0, 0.05) is 37.6 Å². The zero-order valence-corrected chi connectivity index (χ0v) is 16.8. The third kappa shape index (κ3) is 3.46. The van der Waals surface area contributed by atoms with Crippen molar-refractivity contribution in [1.29, 1.82) is 0 Å². The summed E-state index contributed by atoms with van der Waals surface area (Å²) in [6.07, 6.45) is 2.54. The molecule has 0 unspecified atom stereocenters. The quantitative estimate of drug-likeness (QED) is 0.738. The molecular weight excluding hydrogens is 350 g/mol. The fraction of sp³-hybridized carbons (Fsp3) is 0.409. The van der Waals surface area contributed by atoms with Crippen molar-refractivity contribution in [2.24, 2.45) is 0 Å². The van der Waals surface area contributed by atoms with Crippen molar-refractivity contribution >= 4 is 22.6 Å². The van der Waals surface area contributed by atoms with Crippen molar-refractivity contribution in [2.75, 3.05) is 18.0 Å². The van der Waals surface area contributed by atoms with Crippen molar-refractivity contribution in [3.8, 4) is 0 Å². The first-order valence-corrected chi connectivity index (χ1v) is 10.0. The van der Waals surface area contributed by atoms with Gasteiger partial charge in [-0.05, 0) is 57.4 Å². The molecule has 1 amide bonds. The molecule has 3 heterocycles. The van der Waals surface area contributed by atoms with Gasteiger partial charge in [-0.1, -0.05) is 12.1 Å². The van der Waals surface area contributed by atoms with Crippen LogP contribution in [-0.4, -0.2) is 33.8 Å². The van der Waals surface area contributed by atoms with E-state index < -0.39 is 0 Å². The summed E-state index contributed by atoms with van der Waals surface area (Å²) in [7, 11) is 0. The summed E-state index contributed by atoms with van der Waals surface area (Å²) in [6.45, 7) is 9.38. The van der Waals surface area contributed by atoms with E-state index in [0.717, 1.165) is 47.6 Å². The minimum Gasteiger partial charge on any atom is -0.372 e. The number of anilines is 1. The molecule has 0 atom stereocenters. The molecule has 0 radical (unpaired) electrons. The van der Waals surface area contributed by atoms with Crippen LogP contribution in [0.25, 0.3) is 11.0 Å². The van der Waals surface area contributed by atoms with Gasteiger partial charge in [0.05, 0.1) is 16.6 Å². The summed E-state index contributed by atoms with van der Waals surface area (Å²) in [5.41, 5.74) is 5.45. The first-order chi connectivity index (χ1) is 13.6. The van der Waals surface area contributed by atoms with Crippen LogP contribution in [0.15, 0.2) is 30.3 Å². The Kier molecular flexibility index (Phi) is 5.03. The number of aryl methyl sites for hydroxylation is 3. The molecule has 0 bridgehead atoms. The molecule has 1 N–H and O–H groups in total. The lowest BCUT2D eigenvalue weighted by Gasteiger charge is -2.17. The lowest BCUT2D eigenvalue weighted by molar-refractivity contribution is 0.0952. The summed E-state index contributed by atoms with van der Waals surface area (Å²) in [5, 5.41) is 8.43. The van der Waals surface area contributed by atoms with E-state index in [0.29, 0.717) is 12.1 Å². The summed E-state index contributed by atoms with van der Waals surface area (Å²) in [4.78, 5) is 19.9. The molecule has 146 valence electrons. The largest absolute Gasteiger partial charge is 0.372 e. The molecule has 0 saturated carbocycles. The average Bonchev–Trinajstić information content (AvgIpc) is 3.34. The standard InChI is InChI=1S/C22H27N5O/c1-4-27-21-20(16(3)25-27)19(13-15(2)24-21)22(28)23-14-17-7-9-18(10-8-17)26-11-5-6-12-26/h7-10,13H,4-6,11-12,14H2,1-3H3,(H,23,28). The molecular formula is C22H27N5O. The van der Waals surface area contributed by atoms with Gasteiger partial charge >= 0.3 is 0 Å². The molecule has 1 saturated heterocycles. The minimum absolute atomic E-state index is 0.0853. The van der Waals surface area contributed by atoms with Crippen LogP contribution in [0.5, 0.6) is 0 Å². The van der Waals surface area contributed by atoms with Crippen LogP contribution >= 0.6 is 0 Å². The Balaban J connectivity index is 1.52. The summed E-state index contributed by atoms with van der Waals surface area (Å²) < 4.78 is 1.85. The number of pyridine rings is 1. The molecule has 0 spiro atoms. The van der Waals surface area contributed by atoms with E-state index >= 15 is 0 Å². The Hall–Kier alpha value is -2.89. The van der Waals surface area contributed by atoms with Gasteiger partial charge in [-0.15, -0.1) is 0 Å². The summed E-state index contributed by atoms with van der Waals surface area (Å²) in [6, 6.07) is 10.3. The Morgan fingerprint density at radius 1 is 1.14 bits per heavy atom. The summed E-state index contributed by atoms with van der Waals surface area (Å²) in [5.74, 6) is -0.0853. The van der Waals surface area contributed by atoms with E-state index in [-0.39, 0.29) is 5.91 Å². The van der Waals surface area contributed by atoms with Crippen molar-refractivity contribution in [1.82, 2.24) is 20.1 Å². The number of nitrogens with zero attached hydrogens (tertiary/aromatic N) is 4. The van der Waals surface area contributed by atoms with Crippen LogP contribution in [-0.2, 0) is 13.1 Å². The number of benzene rings is 1. The molecule has 1 aromatic carbocycles. The van der Waals surface area contributed by atoms with Crippen molar-refractivity contribution < 1.29 is 4.79 Å². The van der Waals surface area contributed by atoms with E-state index in [4.69, 9.17) is 0 Å². The molecule has 2 aromatic heterocycles. The molecule has 6 heteroatoms. The van der Waals surface area contributed by atoms with E-state index in [9.17, 15) is 4.79 Å². The van der Waals surface area contributed by atoms with Gasteiger partial charge < -0.3 is 10.2 Å². The highest BCUT2D eigenvalue weighted by Gasteiger charge is 2.18. The maximum Gasteiger partial charge on any atom is 0.252 e. The zero-order valence-electron chi connectivity index (χ0n) is 16.8. The lowest BCUT2D eigenvalue weighted by atomic mass is 10.1. The highest BCUT2D eigenvalue weighted by molar-refractivity contribution is 6.06. The number of hydrogen-bond acceptors (Lipinski definition) is 4. The molecule has 1 aliphatic heterocycles. The second-order valence-corrected chi connectivity index (χ2v) is 7.45. The van der Waals surface area contributed by atoms with Crippen molar-refractivity contribution in [3.05, 3.63) is 52.8 Å². The maximum atomic E-state index is 12.9. The number of carbonyl (C=O) groups is 1. The van der Waals surface area contributed by atoms with E-state index in [1.807, 2.05) is 31.5 Å². The highest BCUT2D eigenvalue weighted by atomic mass is 16.1. The van der Waals surface area contributed by atoms with Crippen LogP contribution in [0.3, 0.4) is 0 Å². The second kappa shape index (κ2) is 7.62. The van der Waals surface area contributed by atoms with Gasteiger partial charge in [0.15, 0.2) is 5.65 Å². The lowest BCUT2D eigenvalue weighted by Crippen LogP contribution is -2.23. The molecule has 1 aliphatic rings. The van der Waals surface area contributed by atoms with E-state index in [1.165, 1.54) is 18.5 Å². The molecule has 0 aliphatic carbocycles. The molecule has 6 nitrogen and oxygen atoms in total. The Labute approximate surface area is 165 Å². The minimum atomic E-state index is -0.0853. The predicted octanol–water partition coefficient (Wildman–Crippen LogP) is 3.60. The number of nitrogens with one attached hydrogen (secondary N) is 1. The van der Waals surface area contributed by atoms with Gasteiger partial charge in [0.2, 0.25) is 0 Å². The van der Waals surface area contributed by atoms with E-state index in [1.54, 1.807) is 0 Å².